The Labute approximate surface area is 173 Å². The maximum atomic E-state index is 13.3. The number of hydrogen-bond acceptors (Lipinski definition) is 5. The number of aromatic nitrogens is 1. The van der Waals surface area contributed by atoms with Crippen LogP contribution in [0.25, 0.3) is 11.1 Å². The lowest BCUT2D eigenvalue weighted by Crippen LogP contribution is -2.41. The Kier molecular flexibility index (Phi) is 4.76. The van der Waals surface area contributed by atoms with Crippen molar-refractivity contribution in [3.63, 3.8) is 0 Å². The molecule has 6 nitrogen and oxygen atoms in total. The number of likely N-dealkylation sites (N-methyl/N-ethyl adjacent to an activating group) is 1. The van der Waals surface area contributed by atoms with Gasteiger partial charge in [-0.2, -0.15) is 5.26 Å². The van der Waals surface area contributed by atoms with Crippen LogP contribution in [0.2, 0.25) is 0 Å². The molecule has 2 aromatic carbocycles. The molecule has 7 heteroatoms. The molecule has 30 heavy (non-hydrogen) atoms. The van der Waals surface area contributed by atoms with Crippen molar-refractivity contribution in [2.75, 3.05) is 7.05 Å². The van der Waals surface area contributed by atoms with Gasteiger partial charge < -0.3 is 5.73 Å². The fourth-order valence-electron chi connectivity index (χ4n) is 3.59. The van der Waals surface area contributed by atoms with E-state index >= 15 is 0 Å². The van der Waals surface area contributed by atoms with Gasteiger partial charge in [0.05, 0.1) is 17.3 Å². The van der Waals surface area contributed by atoms with E-state index in [1.165, 1.54) is 17.2 Å². The number of nitrogens with zero attached hydrogens (tertiary/aromatic N) is 4. The van der Waals surface area contributed by atoms with E-state index in [0.29, 0.717) is 16.7 Å². The number of amides is 1. The zero-order chi connectivity index (χ0) is 21.3. The van der Waals surface area contributed by atoms with Crippen LogP contribution in [0.3, 0.4) is 0 Å². The Morgan fingerprint density at radius 1 is 1.10 bits per heavy atom. The summed E-state index contributed by atoms with van der Waals surface area (Å²) in [7, 11) is 1.56. The molecule has 148 valence electrons. The molecule has 1 aromatic heterocycles. The number of nitriles is 1. The van der Waals surface area contributed by atoms with Gasteiger partial charge >= 0.3 is 0 Å². The van der Waals surface area contributed by atoms with Gasteiger partial charge in [-0.1, -0.05) is 36.4 Å². The number of rotatable bonds is 4. The third kappa shape index (κ3) is 2.99. The Morgan fingerprint density at radius 2 is 1.83 bits per heavy atom. The van der Waals surface area contributed by atoms with Crippen LogP contribution in [0.15, 0.2) is 71.9 Å². The maximum absolute atomic E-state index is 13.3. The van der Waals surface area contributed by atoms with Crippen LogP contribution in [0.4, 0.5) is 4.39 Å². The van der Waals surface area contributed by atoms with Gasteiger partial charge in [0.2, 0.25) is 0 Å². The van der Waals surface area contributed by atoms with Crippen LogP contribution in [0.5, 0.6) is 0 Å². The molecule has 1 aliphatic rings. The second-order valence-corrected chi connectivity index (χ2v) is 6.99. The van der Waals surface area contributed by atoms with Crippen molar-refractivity contribution in [2.24, 2.45) is 10.7 Å². The molecule has 0 spiro atoms. The van der Waals surface area contributed by atoms with E-state index < -0.39 is 12.2 Å². The monoisotopic (exact) mass is 399 g/mol. The quantitative estimate of drug-likeness (QED) is 0.729. The largest absolute Gasteiger partial charge is 0.369 e. The standard InChI is InChI=1S/C23H18FN5O/c1-29-21(30)23(28-22(29)26,19-8-9-20(12-24)27-14-19)18-7-3-6-17(11-18)16-5-2-4-15(10-16)13-25/h2-11,14H,12H2,1H3,(H2,26,28). The number of pyridine rings is 1. The molecule has 0 bridgehead atoms. The van der Waals surface area contributed by atoms with Crippen LogP contribution in [-0.4, -0.2) is 28.8 Å². The fourth-order valence-corrected chi connectivity index (χ4v) is 3.59. The number of hydrogen-bond donors (Lipinski definition) is 1. The van der Waals surface area contributed by atoms with Crippen LogP contribution in [0, 0.1) is 11.3 Å². The highest BCUT2D eigenvalue weighted by Gasteiger charge is 2.49. The SMILES string of the molecule is CN1C(=O)C(c2ccc(CF)nc2)(c2cccc(-c3cccc(C#N)c3)c2)N=C1N. The lowest BCUT2D eigenvalue weighted by molar-refractivity contribution is -0.129. The van der Waals surface area contributed by atoms with Gasteiger partial charge in [0.1, 0.15) is 6.67 Å². The molecule has 0 radical (unpaired) electrons. The fraction of sp³-hybridized carbons (Fsp3) is 0.130. The normalized spacial score (nSPS) is 18.2. The Morgan fingerprint density at radius 3 is 2.43 bits per heavy atom. The van der Waals surface area contributed by atoms with E-state index in [2.05, 4.69) is 16.0 Å². The van der Waals surface area contributed by atoms with Gasteiger partial charge in [0, 0.05) is 18.8 Å². The topological polar surface area (TPSA) is 95.4 Å². The van der Waals surface area contributed by atoms with Gasteiger partial charge in [0.25, 0.3) is 5.91 Å². The minimum atomic E-state index is -1.41. The van der Waals surface area contributed by atoms with Crippen LogP contribution < -0.4 is 5.73 Å². The van der Waals surface area contributed by atoms with Gasteiger partial charge in [-0.15, -0.1) is 0 Å². The molecule has 2 heterocycles. The molecule has 1 amide bonds. The second kappa shape index (κ2) is 7.41. The predicted octanol–water partition coefficient (Wildman–Crippen LogP) is 3.12. The molecule has 0 aliphatic carbocycles. The number of nitrogens with two attached hydrogens (primary N) is 1. The van der Waals surface area contributed by atoms with E-state index in [4.69, 9.17) is 5.73 Å². The lowest BCUT2D eigenvalue weighted by atomic mass is 9.82. The first-order valence-corrected chi connectivity index (χ1v) is 9.25. The van der Waals surface area contributed by atoms with Crippen molar-refractivity contribution in [3.05, 3.63) is 89.2 Å². The average molecular weight is 399 g/mol. The highest BCUT2D eigenvalue weighted by molar-refractivity contribution is 6.09. The zero-order valence-corrected chi connectivity index (χ0v) is 16.2. The predicted molar refractivity (Wildman–Crippen MR) is 111 cm³/mol. The molecule has 0 saturated heterocycles. The summed E-state index contributed by atoms with van der Waals surface area (Å²) in [6.45, 7) is -0.697. The van der Waals surface area contributed by atoms with E-state index in [0.717, 1.165) is 11.1 Å². The van der Waals surface area contributed by atoms with Gasteiger partial charge in [-0.3, -0.25) is 14.7 Å². The van der Waals surface area contributed by atoms with Crippen molar-refractivity contribution in [2.45, 2.75) is 12.2 Å². The molecule has 1 atom stereocenters. The summed E-state index contributed by atoms with van der Waals surface area (Å²) in [4.78, 5) is 23.3. The first-order valence-electron chi connectivity index (χ1n) is 9.25. The summed E-state index contributed by atoms with van der Waals surface area (Å²) < 4.78 is 12.9. The summed E-state index contributed by atoms with van der Waals surface area (Å²) in [6, 6.07) is 19.9. The summed E-state index contributed by atoms with van der Waals surface area (Å²) in [5, 5.41) is 9.20. The summed E-state index contributed by atoms with van der Waals surface area (Å²) >= 11 is 0. The van der Waals surface area contributed by atoms with E-state index in [9.17, 15) is 14.4 Å². The zero-order valence-electron chi connectivity index (χ0n) is 16.2. The van der Waals surface area contributed by atoms with E-state index in [-0.39, 0.29) is 17.6 Å². The van der Waals surface area contributed by atoms with E-state index in [1.807, 2.05) is 24.3 Å². The van der Waals surface area contributed by atoms with Gasteiger partial charge in [-0.25, -0.2) is 9.38 Å². The number of aliphatic imine (C=N–C) groups is 1. The molecular weight excluding hydrogens is 381 g/mol. The first-order chi connectivity index (χ1) is 14.5. The average Bonchev–Trinajstić information content (AvgIpc) is 3.04. The number of carbonyl (C=O) groups is 1. The Balaban J connectivity index is 1.91. The third-order valence-corrected chi connectivity index (χ3v) is 5.22. The molecule has 1 unspecified atom stereocenters. The second-order valence-electron chi connectivity index (χ2n) is 6.99. The number of halogens is 1. The molecular formula is C23H18FN5O. The minimum absolute atomic E-state index is 0.0893. The Bertz CT molecular complexity index is 1200. The van der Waals surface area contributed by atoms with Crippen LogP contribution in [0.1, 0.15) is 22.4 Å². The van der Waals surface area contributed by atoms with Gasteiger partial charge in [0.15, 0.2) is 11.5 Å². The number of benzene rings is 2. The minimum Gasteiger partial charge on any atom is -0.369 e. The molecule has 3 aromatic rings. The molecule has 1 aliphatic heterocycles. The van der Waals surface area contributed by atoms with Gasteiger partial charge in [-0.05, 0) is 41.0 Å². The first kappa shape index (κ1) is 19.3. The number of carbonyl (C=O) groups excluding carboxylic acids is 1. The molecule has 0 fully saturated rings. The smallest absolute Gasteiger partial charge is 0.266 e. The number of guanidine groups is 1. The van der Waals surface area contributed by atoms with Crippen molar-refractivity contribution in [1.82, 2.24) is 9.88 Å². The lowest BCUT2D eigenvalue weighted by Gasteiger charge is -2.26. The number of alkyl halides is 1. The van der Waals surface area contributed by atoms with Crippen molar-refractivity contribution in [3.8, 4) is 17.2 Å². The molecule has 4 rings (SSSR count). The van der Waals surface area contributed by atoms with Crippen molar-refractivity contribution < 1.29 is 9.18 Å². The van der Waals surface area contributed by atoms with E-state index in [1.54, 1.807) is 37.4 Å². The maximum Gasteiger partial charge on any atom is 0.266 e. The summed E-state index contributed by atoms with van der Waals surface area (Å²) in [6.07, 6.45) is 1.46. The van der Waals surface area contributed by atoms with Crippen molar-refractivity contribution >= 4 is 11.9 Å². The van der Waals surface area contributed by atoms with Crippen LogP contribution >= 0.6 is 0 Å². The van der Waals surface area contributed by atoms with Crippen molar-refractivity contribution in [1.29, 1.82) is 5.26 Å². The summed E-state index contributed by atoms with van der Waals surface area (Å²) in [5.41, 5.74) is 8.17. The highest BCUT2D eigenvalue weighted by Crippen LogP contribution is 2.40. The molecule has 2 N–H and O–H groups in total. The Hall–Kier alpha value is -4.05. The molecule has 0 saturated carbocycles. The van der Waals surface area contributed by atoms with Crippen LogP contribution in [-0.2, 0) is 17.0 Å². The third-order valence-electron chi connectivity index (χ3n) is 5.22. The summed E-state index contributed by atoms with van der Waals surface area (Å²) in [5.74, 6) is -0.232. The highest BCUT2D eigenvalue weighted by atomic mass is 19.1.